The molecular formula is C12H14Cl2N4O. The van der Waals surface area contributed by atoms with Crippen molar-refractivity contribution >= 4 is 34.9 Å². The molecule has 2 fully saturated rings. The molecular weight excluding hydrogens is 287 g/mol. The fraction of sp³-hybridized carbons (Fsp3) is 0.583. The first-order valence-corrected chi connectivity index (χ1v) is 7.06. The summed E-state index contributed by atoms with van der Waals surface area (Å²) in [5.74, 6) is 0.850. The van der Waals surface area contributed by atoms with Crippen LogP contribution < -0.4 is 11.1 Å². The molecule has 0 aliphatic heterocycles. The Morgan fingerprint density at radius 1 is 1.32 bits per heavy atom. The number of carbonyl (C=O) groups excluding carboxylic acids is 1. The molecule has 19 heavy (non-hydrogen) atoms. The molecule has 2 bridgehead atoms. The van der Waals surface area contributed by atoms with Crippen molar-refractivity contribution in [2.24, 2.45) is 23.5 Å². The number of anilines is 1. The zero-order valence-electron chi connectivity index (χ0n) is 10.1. The van der Waals surface area contributed by atoms with Crippen LogP contribution in [0.2, 0.25) is 10.2 Å². The Labute approximate surface area is 120 Å². The number of nitrogens with one attached hydrogen (secondary N) is 1. The summed E-state index contributed by atoms with van der Waals surface area (Å²) < 4.78 is 0. The quantitative estimate of drug-likeness (QED) is 0.820. The van der Waals surface area contributed by atoms with E-state index < -0.39 is 0 Å². The molecule has 7 heteroatoms. The second-order valence-corrected chi connectivity index (χ2v) is 5.99. The molecule has 2 aliphatic carbocycles. The van der Waals surface area contributed by atoms with Gasteiger partial charge in [0.05, 0.1) is 5.92 Å². The molecule has 0 saturated heterocycles. The molecule has 0 aromatic carbocycles. The molecule has 4 unspecified atom stereocenters. The number of nitrogens with zero attached hydrogens (tertiary/aromatic N) is 2. The van der Waals surface area contributed by atoms with Crippen molar-refractivity contribution in [3.05, 3.63) is 16.5 Å². The third kappa shape index (κ3) is 2.20. The van der Waals surface area contributed by atoms with E-state index in [2.05, 4.69) is 15.3 Å². The Morgan fingerprint density at radius 3 is 2.74 bits per heavy atom. The van der Waals surface area contributed by atoms with Crippen LogP contribution in [0.4, 0.5) is 5.82 Å². The van der Waals surface area contributed by atoms with Gasteiger partial charge in [0.25, 0.3) is 0 Å². The second kappa shape index (κ2) is 4.89. The zero-order valence-corrected chi connectivity index (χ0v) is 11.7. The van der Waals surface area contributed by atoms with Crippen LogP contribution in [0, 0.1) is 17.8 Å². The van der Waals surface area contributed by atoms with Gasteiger partial charge in [-0.15, -0.1) is 0 Å². The van der Waals surface area contributed by atoms with E-state index in [4.69, 9.17) is 28.9 Å². The summed E-state index contributed by atoms with van der Waals surface area (Å²) in [5.41, 5.74) is 6.13. The summed E-state index contributed by atoms with van der Waals surface area (Å²) in [6.45, 7) is 0. The lowest BCUT2D eigenvalue weighted by Crippen LogP contribution is -2.42. The van der Waals surface area contributed by atoms with Crippen molar-refractivity contribution in [1.29, 1.82) is 0 Å². The predicted molar refractivity (Wildman–Crippen MR) is 73.0 cm³/mol. The Bertz CT molecular complexity index is 522. The minimum atomic E-state index is -0.149. The number of hydrogen-bond donors (Lipinski definition) is 2. The number of amides is 1. The maximum Gasteiger partial charge on any atom is 0.230 e. The molecule has 0 spiro atoms. The second-order valence-electron chi connectivity index (χ2n) is 5.25. The fourth-order valence-electron chi connectivity index (χ4n) is 3.36. The lowest BCUT2D eigenvalue weighted by molar-refractivity contribution is -0.121. The van der Waals surface area contributed by atoms with Crippen molar-refractivity contribution in [1.82, 2.24) is 9.97 Å². The molecule has 1 amide bonds. The standard InChI is InChI=1S/C12H14Cl2N4O/c13-8-10(14)16-4-17-11(8)18-12(19)7-5-1-2-6(3-5)9(7)15/h4-7,9H,1-3,15H2,(H,16,17,18,19). The third-order valence-corrected chi connectivity index (χ3v) is 5.01. The van der Waals surface area contributed by atoms with E-state index in [9.17, 15) is 4.79 Å². The summed E-state index contributed by atoms with van der Waals surface area (Å²) in [6, 6.07) is -0.0603. The normalized spacial score (nSPS) is 32.6. The summed E-state index contributed by atoms with van der Waals surface area (Å²) >= 11 is 11.7. The number of fused-ring (bicyclic) bond motifs is 2. The van der Waals surface area contributed by atoms with Crippen LogP contribution in [0.3, 0.4) is 0 Å². The Kier molecular flexibility index (Phi) is 3.37. The highest BCUT2D eigenvalue weighted by Gasteiger charge is 2.49. The number of carbonyl (C=O) groups is 1. The van der Waals surface area contributed by atoms with Crippen LogP contribution in [-0.2, 0) is 4.79 Å². The molecule has 1 aromatic heterocycles. The number of halogens is 2. The molecule has 102 valence electrons. The Morgan fingerprint density at radius 2 is 2.05 bits per heavy atom. The number of aromatic nitrogens is 2. The minimum absolute atomic E-state index is 0.0603. The van der Waals surface area contributed by atoms with Gasteiger partial charge < -0.3 is 11.1 Å². The van der Waals surface area contributed by atoms with E-state index in [0.717, 1.165) is 19.3 Å². The van der Waals surface area contributed by atoms with Gasteiger partial charge in [-0.1, -0.05) is 23.2 Å². The fourth-order valence-corrected chi connectivity index (χ4v) is 3.64. The van der Waals surface area contributed by atoms with Gasteiger partial charge in [0, 0.05) is 6.04 Å². The van der Waals surface area contributed by atoms with Crippen LogP contribution >= 0.6 is 23.2 Å². The van der Waals surface area contributed by atoms with E-state index >= 15 is 0 Å². The first-order valence-electron chi connectivity index (χ1n) is 6.30. The van der Waals surface area contributed by atoms with Crippen LogP contribution in [-0.4, -0.2) is 21.9 Å². The number of rotatable bonds is 2. The average molecular weight is 301 g/mol. The van der Waals surface area contributed by atoms with E-state index in [-0.39, 0.29) is 33.9 Å². The molecule has 3 N–H and O–H groups in total. The molecule has 2 saturated carbocycles. The topological polar surface area (TPSA) is 80.9 Å². The van der Waals surface area contributed by atoms with Crippen LogP contribution in [0.25, 0.3) is 0 Å². The van der Waals surface area contributed by atoms with Gasteiger partial charge in [0.2, 0.25) is 5.91 Å². The SMILES string of the molecule is NC1C2CCC(C2)C1C(=O)Nc1ncnc(Cl)c1Cl. The van der Waals surface area contributed by atoms with Gasteiger partial charge >= 0.3 is 0 Å². The van der Waals surface area contributed by atoms with Crippen LogP contribution in [0.1, 0.15) is 19.3 Å². The molecule has 2 aliphatic rings. The van der Waals surface area contributed by atoms with Gasteiger partial charge in [0.15, 0.2) is 11.0 Å². The minimum Gasteiger partial charge on any atom is -0.327 e. The lowest BCUT2D eigenvalue weighted by atomic mass is 9.84. The van der Waals surface area contributed by atoms with E-state index in [0.29, 0.717) is 11.8 Å². The van der Waals surface area contributed by atoms with Gasteiger partial charge in [-0.05, 0) is 31.1 Å². The molecule has 0 radical (unpaired) electrons. The maximum absolute atomic E-state index is 12.3. The van der Waals surface area contributed by atoms with Gasteiger partial charge in [-0.3, -0.25) is 4.79 Å². The van der Waals surface area contributed by atoms with E-state index in [1.165, 1.54) is 6.33 Å². The molecule has 4 atom stereocenters. The highest BCUT2D eigenvalue weighted by Crippen LogP contribution is 2.48. The lowest BCUT2D eigenvalue weighted by Gasteiger charge is -2.26. The predicted octanol–water partition coefficient (Wildman–Crippen LogP) is 2.10. The van der Waals surface area contributed by atoms with Crippen molar-refractivity contribution < 1.29 is 4.79 Å². The van der Waals surface area contributed by atoms with Gasteiger partial charge in [-0.2, -0.15) is 0 Å². The van der Waals surface area contributed by atoms with E-state index in [1.54, 1.807) is 0 Å². The van der Waals surface area contributed by atoms with Crippen LogP contribution in [0.15, 0.2) is 6.33 Å². The maximum atomic E-state index is 12.3. The van der Waals surface area contributed by atoms with Crippen molar-refractivity contribution in [2.75, 3.05) is 5.32 Å². The molecule has 1 heterocycles. The monoisotopic (exact) mass is 300 g/mol. The van der Waals surface area contributed by atoms with E-state index in [1.807, 2.05) is 0 Å². The third-order valence-electron chi connectivity index (χ3n) is 4.27. The molecule has 5 nitrogen and oxygen atoms in total. The average Bonchev–Trinajstić information content (AvgIpc) is 2.95. The molecule has 1 aromatic rings. The van der Waals surface area contributed by atoms with Crippen molar-refractivity contribution in [2.45, 2.75) is 25.3 Å². The molecule has 3 rings (SSSR count). The summed E-state index contributed by atoms with van der Waals surface area (Å²) in [7, 11) is 0. The van der Waals surface area contributed by atoms with Crippen molar-refractivity contribution in [3.63, 3.8) is 0 Å². The largest absolute Gasteiger partial charge is 0.327 e. The summed E-state index contributed by atoms with van der Waals surface area (Å²) in [4.78, 5) is 20.0. The Hall–Kier alpha value is -0.910. The first kappa shape index (κ1) is 13.1. The Balaban J connectivity index is 1.77. The van der Waals surface area contributed by atoms with Crippen LogP contribution in [0.5, 0.6) is 0 Å². The number of nitrogens with two attached hydrogens (primary N) is 1. The summed E-state index contributed by atoms with van der Waals surface area (Å²) in [5, 5.41) is 3.01. The summed E-state index contributed by atoms with van der Waals surface area (Å²) in [6.07, 6.45) is 4.53. The zero-order chi connectivity index (χ0) is 13.6. The highest BCUT2D eigenvalue weighted by atomic mass is 35.5. The van der Waals surface area contributed by atoms with Gasteiger partial charge in [0.1, 0.15) is 11.3 Å². The number of hydrogen-bond acceptors (Lipinski definition) is 4. The van der Waals surface area contributed by atoms with Crippen molar-refractivity contribution in [3.8, 4) is 0 Å². The van der Waals surface area contributed by atoms with Gasteiger partial charge in [-0.25, -0.2) is 9.97 Å². The first-order chi connectivity index (χ1) is 9.08. The highest BCUT2D eigenvalue weighted by molar-refractivity contribution is 6.42. The smallest absolute Gasteiger partial charge is 0.230 e.